The predicted molar refractivity (Wildman–Crippen MR) is 61.9 cm³/mol. The summed E-state index contributed by atoms with van der Waals surface area (Å²) in [4.78, 5) is 0. The molecule has 0 amide bonds. The maximum absolute atomic E-state index is 9.18. The van der Waals surface area contributed by atoms with Crippen LogP contribution in [0.1, 0.15) is 31.2 Å². The first-order chi connectivity index (χ1) is 7.26. The minimum Gasteiger partial charge on any atom is -0.394 e. The van der Waals surface area contributed by atoms with Crippen molar-refractivity contribution in [2.45, 2.75) is 31.2 Å². The molecule has 1 aromatic carbocycles. The van der Waals surface area contributed by atoms with E-state index in [1.807, 2.05) is 6.07 Å². The number of hydrogen-bond acceptors (Lipinski definition) is 2. The second kappa shape index (κ2) is 4.33. The highest BCUT2D eigenvalue weighted by Gasteiger charge is 2.41. The molecule has 0 aliphatic heterocycles. The Morgan fingerprint density at radius 3 is 2.53 bits per heavy atom. The maximum Gasteiger partial charge on any atom is 0.0613 e. The second-order valence-corrected chi connectivity index (χ2v) is 4.63. The summed E-state index contributed by atoms with van der Waals surface area (Å²) in [6.07, 6.45) is 2.23. The fourth-order valence-electron chi connectivity index (χ4n) is 1.81. The van der Waals surface area contributed by atoms with E-state index in [4.69, 9.17) is 0 Å². The summed E-state index contributed by atoms with van der Waals surface area (Å²) in [5.74, 6) is 0.509. The first-order valence-corrected chi connectivity index (χ1v) is 5.67. The van der Waals surface area contributed by atoms with Crippen LogP contribution in [0.4, 0.5) is 0 Å². The van der Waals surface area contributed by atoms with Gasteiger partial charge in [-0.1, -0.05) is 37.3 Å². The van der Waals surface area contributed by atoms with E-state index in [1.54, 1.807) is 0 Å². The molecule has 1 fully saturated rings. The number of hydrogen-bond donors (Lipinski definition) is 2. The fraction of sp³-hybridized carbons (Fsp3) is 0.538. The minimum absolute atomic E-state index is 0.0586. The minimum atomic E-state index is 0.0586. The van der Waals surface area contributed by atoms with E-state index in [1.165, 1.54) is 5.56 Å². The molecule has 1 saturated carbocycles. The summed E-state index contributed by atoms with van der Waals surface area (Å²) in [6, 6.07) is 10.5. The van der Waals surface area contributed by atoms with Crippen LogP contribution < -0.4 is 5.32 Å². The van der Waals surface area contributed by atoms with Crippen molar-refractivity contribution >= 4 is 0 Å². The van der Waals surface area contributed by atoms with Gasteiger partial charge in [-0.15, -0.1) is 0 Å². The molecule has 2 heteroatoms. The summed E-state index contributed by atoms with van der Waals surface area (Å²) in [6.45, 7) is 3.44. The SMILES string of the molecule is CC(CNC1(CO)CC1)c1ccccc1. The lowest BCUT2D eigenvalue weighted by molar-refractivity contribution is 0.229. The number of aliphatic hydroxyl groups is 1. The largest absolute Gasteiger partial charge is 0.394 e. The van der Waals surface area contributed by atoms with Gasteiger partial charge in [0.1, 0.15) is 0 Å². The van der Waals surface area contributed by atoms with Crippen molar-refractivity contribution in [1.82, 2.24) is 5.32 Å². The molecule has 0 heterocycles. The molecule has 0 bridgehead atoms. The Morgan fingerprint density at radius 1 is 1.33 bits per heavy atom. The first-order valence-electron chi connectivity index (χ1n) is 5.67. The van der Waals surface area contributed by atoms with Crippen LogP contribution >= 0.6 is 0 Å². The Hall–Kier alpha value is -0.860. The molecule has 1 atom stereocenters. The van der Waals surface area contributed by atoms with Crippen molar-refractivity contribution in [2.75, 3.05) is 13.2 Å². The third-order valence-corrected chi connectivity index (χ3v) is 3.31. The Kier molecular flexibility index (Phi) is 3.08. The van der Waals surface area contributed by atoms with Crippen LogP contribution in [0.15, 0.2) is 30.3 Å². The molecule has 0 radical (unpaired) electrons. The van der Waals surface area contributed by atoms with Gasteiger partial charge in [0.05, 0.1) is 6.61 Å². The Morgan fingerprint density at radius 2 is 2.00 bits per heavy atom. The molecule has 0 spiro atoms. The lowest BCUT2D eigenvalue weighted by Gasteiger charge is -2.18. The highest BCUT2D eigenvalue weighted by atomic mass is 16.3. The van der Waals surface area contributed by atoms with Crippen molar-refractivity contribution in [3.8, 4) is 0 Å². The van der Waals surface area contributed by atoms with E-state index in [0.29, 0.717) is 5.92 Å². The van der Waals surface area contributed by atoms with Crippen molar-refractivity contribution in [2.24, 2.45) is 0 Å². The molecule has 1 aliphatic carbocycles. The molecule has 2 nitrogen and oxygen atoms in total. The molecule has 0 aromatic heterocycles. The van der Waals surface area contributed by atoms with Crippen molar-refractivity contribution in [3.05, 3.63) is 35.9 Å². The smallest absolute Gasteiger partial charge is 0.0613 e. The number of benzene rings is 1. The normalized spacial score (nSPS) is 19.9. The van der Waals surface area contributed by atoms with E-state index in [9.17, 15) is 5.11 Å². The van der Waals surface area contributed by atoms with Gasteiger partial charge in [-0.2, -0.15) is 0 Å². The van der Waals surface area contributed by atoms with Crippen molar-refractivity contribution in [1.29, 1.82) is 0 Å². The molecular weight excluding hydrogens is 186 g/mol. The zero-order valence-corrected chi connectivity index (χ0v) is 9.24. The molecule has 2 rings (SSSR count). The third kappa shape index (κ3) is 2.58. The van der Waals surface area contributed by atoms with Gasteiger partial charge in [-0.25, -0.2) is 0 Å². The van der Waals surface area contributed by atoms with Gasteiger partial charge >= 0.3 is 0 Å². The summed E-state index contributed by atoms with van der Waals surface area (Å²) < 4.78 is 0. The Bertz CT molecular complexity index is 306. The monoisotopic (exact) mass is 205 g/mol. The molecular formula is C13H19NO. The average molecular weight is 205 g/mol. The molecule has 15 heavy (non-hydrogen) atoms. The van der Waals surface area contributed by atoms with E-state index in [-0.39, 0.29) is 12.1 Å². The summed E-state index contributed by atoms with van der Waals surface area (Å²) in [7, 11) is 0. The predicted octanol–water partition coefficient (Wildman–Crippen LogP) is 1.90. The summed E-state index contributed by atoms with van der Waals surface area (Å²) in [5, 5.41) is 12.6. The second-order valence-electron chi connectivity index (χ2n) is 4.63. The standard InChI is InChI=1S/C13H19NO/c1-11(12-5-3-2-4-6-12)9-14-13(10-15)7-8-13/h2-6,11,14-15H,7-10H2,1H3. The van der Waals surface area contributed by atoms with Gasteiger partial charge in [0.2, 0.25) is 0 Å². The molecule has 1 aromatic rings. The van der Waals surface area contributed by atoms with Crippen LogP contribution in [0.3, 0.4) is 0 Å². The van der Waals surface area contributed by atoms with Crippen LogP contribution in [0, 0.1) is 0 Å². The van der Waals surface area contributed by atoms with Gasteiger partial charge in [0, 0.05) is 12.1 Å². The van der Waals surface area contributed by atoms with Crippen molar-refractivity contribution in [3.63, 3.8) is 0 Å². The third-order valence-electron chi connectivity index (χ3n) is 3.31. The first kappa shape index (κ1) is 10.7. The fourth-order valence-corrected chi connectivity index (χ4v) is 1.81. The van der Waals surface area contributed by atoms with Crippen molar-refractivity contribution < 1.29 is 5.11 Å². The zero-order chi connectivity index (χ0) is 10.7. The van der Waals surface area contributed by atoms with Crippen LogP contribution in [-0.4, -0.2) is 23.8 Å². The van der Waals surface area contributed by atoms with E-state index < -0.39 is 0 Å². The van der Waals surface area contributed by atoms with Gasteiger partial charge in [0.25, 0.3) is 0 Å². The highest BCUT2D eigenvalue weighted by Crippen LogP contribution is 2.34. The lowest BCUT2D eigenvalue weighted by Crippen LogP contribution is -2.37. The summed E-state index contributed by atoms with van der Waals surface area (Å²) >= 11 is 0. The topological polar surface area (TPSA) is 32.3 Å². The van der Waals surface area contributed by atoms with Gasteiger partial charge in [-0.3, -0.25) is 0 Å². The van der Waals surface area contributed by atoms with Gasteiger partial charge < -0.3 is 10.4 Å². The Balaban J connectivity index is 1.85. The number of rotatable bonds is 5. The Labute approximate surface area is 91.3 Å². The highest BCUT2D eigenvalue weighted by molar-refractivity contribution is 5.19. The average Bonchev–Trinajstić information content (AvgIpc) is 3.08. The molecule has 1 aliphatic rings. The molecule has 2 N–H and O–H groups in total. The summed E-state index contributed by atoms with van der Waals surface area (Å²) in [5.41, 5.74) is 1.42. The van der Waals surface area contributed by atoms with E-state index >= 15 is 0 Å². The van der Waals surface area contributed by atoms with E-state index in [0.717, 1.165) is 19.4 Å². The van der Waals surface area contributed by atoms with Crippen LogP contribution in [0.25, 0.3) is 0 Å². The molecule has 1 unspecified atom stereocenters. The van der Waals surface area contributed by atoms with Crippen LogP contribution in [0.5, 0.6) is 0 Å². The van der Waals surface area contributed by atoms with Gasteiger partial charge in [0.15, 0.2) is 0 Å². The van der Waals surface area contributed by atoms with Crippen LogP contribution in [-0.2, 0) is 0 Å². The number of aliphatic hydroxyl groups excluding tert-OH is 1. The molecule has 0 saturated heterocycles. The van der Waals surface area contributed by atoms with Crippen LogP contribution in [0.2, 0.25) is 0 Å². The zero-order valence-electron chi connectivity index (χ0n) is 9.24. The van der Waals surface area contributed by atoms with Gasteiger partial charge in [-0.05, 0) is 24.3 Å². The lowest BCUT2D eigenvalue weighted by atomic mass is 10.0. The maximum atomic E-state index is 9.18. The number of nitrogens with one attached hydrogen (secondary N) is 1. The quantitative estimate of drug-likeness (QED) is 0.769. The molecule has 82 valence electrons. The van der Waals surface area contributed by atoms with E-state index in [2.05, 4.69) is 36.5 Å².